The predicted molar refractivity (Wildman–Crippen MR) is 41.8 cm³/mol. The molecule has 0 atom stereocenters. The first-order valence-corrected chi connectivity index (χ1v) is 2.89. The van der Waals surface area contributed by atoms with E-state index in [0.717, 1.165) is 0 Å². The number of nitrogens with zero attached hydrogens (tertiary/aromatic N) is 1. The van der Waals surface area contributed by atoms with Gasteiger partial charge in [-0.15, -0.1) is 12.4 Å². The number of rotatable bonds is 2. The number of H-pyrrole nitrogens is 1. The lowest BCUT2D eigenvalue weighted by molar-refractivity contribution is 0.100. The van der Waals surface area contributed by atoms with Gasteiger partial charge in [0.2, 0.25) is 0 Å². The van der Waals surface area contributed by atoms with Gasteiger partial charge in [-0.05, 0) is 0 Å². The third kappa shape index (κ3) is 2.32. The molecule has 0 aliphatic heterocycles. The number of aromatic amines is 1. The Kier molecular flexibility index (Phi) is 3.78. The van der Waals surface area contributed by atoms with E-state index in [2.05, 4.69) is 9.97 Å². The number of hydrogen-bond acceptors (Lipinski definition) is 3. The van der Waals surface area contributed by atoms with Crippen LogP contribution in [0.25, 0.3) is 0 Å². The SMILES string of the molecule is CC(=O)c1ncc(CO)[nH]1.Cl. The maximum atomic E-state index is 10.6. The number of imidazole rings is 1. The highest BCUT2D eigenvalue weighted by molar-refractivity contribution is 5.90. The summed E-state index contributed by atoms with van der Waals surface area (Å²) in [6.07, 6.45) is 1.44. The average Bonchev–Trinajstić information content (AvgIpc) is 2.34. The fourth-order valence-electron chi connectivity index (χ4n) is 0.618. The topological polar surface area (TPSA) is 66.0 Å². The lowest BCUT2D eigenvalue weighted by Crippen LogP contribution is -1.94. The van der Waals surface area contributed by atoms with Crippen molar-refractivity contribution in [3.05, 3.63) is 17.7 Å². The molecule has 4 nitrogen and oxygen atoms in total. The Morgan fingerprint density at radius 3 is 2.73 bits per heavy atom. The number of ketones is 1. The minimum Gasteiger partial charge on any atom is -0.390 e. The maximum Gasteiger partial charge on any atom is 0.194 e. The fourth-order valence-corrected chi connectivity index (χ4v) is 0.618. The van der Waals surface area contributed by atoms with Gasteiger partial charge in [0.25, 0.3) is 0 Å². The molecular formula is C6H9ClN2O2. The van der Waals surface area contributed by atoms with E-state index in [4.69, 9.17) is 5.11 Å². The monoisotopic (exact) mass is 176 g/mol. The second-order valence-electron chi connectivity index (χ2n) is 1.97. The van der Waals surface area contributed by atoms with Crippen LogP contribution in [0.5, 0.6) is 0 Å². The largest absolute Gasteiger partial charge is 0.390 e. The molecule has 0 bridgehead atoms. The minimum absolute atomic E-state index is 0. The second-order valence-corrected chi connectivity index (χ2v) is 1.97. The summed E-state index contributed by atoms with van der Waals surface area (Å²) in [4.78, 5) is 17.0. The number of halogens is 1. The smallest absolute Gasteiger partial charge is 0.194 e. The number of aromatic nitrogens is 2. The lowest BCUT2D eigenvalue weighted by Gasteiger charge is -1.85. The van der Waals surface area contributed by atoms with Gasteiger partial charge in [0.05, 0.1) is 18.5 Å². The van der Waals surface area contributed by atoms with E-state index in [1.165, 1.54) is 13.1 Å². The maximum absolute atomic E-state index is 10.6. The molecule has 62 valence electrons. The van der Waals surface area contributed by atoms with Crippen LogP contribution in [0, 0.1) is 0 Å². The van der Waals surface area contributed by atoms with E-state index in [1.54, 1.807) is 0 Å². The van der Waals surface area contributed by atoms with Crippen molar-refractivity contribution < 1.29 is 9.90 Å². The van der Waals surface area contributed by atoms with Crippen LogP contribution in [0.1, 0.15) is 23.2 Å². The second kappa shape index (κ2) is 4.10. The third-order valence-corrected chi connectivity index (χ3v) is 1.13. The quantitative estimate of drug-likeness (QED) is 0.646. The lowest BCUT2D eigenvalue weighted by atomic mass is 10.4. The third-order valence-electron chi connectivity index (χ3n) is 1.13. The van der Waals surface area contributed by atoms with Gasteiger partial charge in [-0.1, -0.05) is 0 Å². The minimum atomic E-state index is -0.125. The molecule has 0 saturated heterocycles. The van der Waals surface area contributed by atoms with Gasteiger partial charge in [0.1, 0.15) is 0 Å². The van der Waals surface area contributed by atoms with Crippen LogP contribution in [-0.4, -0.2) is 20.9 Å². The normalized spacial score (nSPS) is 8.91. The molecule has 11 heavy (non-hydrogen) atoms. The molecule has 2 N–H and O–H groups in total. The summed E-state index contributed by atoms with van der Waals surface area (Å²) < 4.78 is 0. The molecule has 0 fully saturated rings. The highest BCUT2D eigenvalue weighted by atomic mass is 35.5. The van der Waals surface area contributed by atoms with Gasteiger partial charge in [0, 0.05) is 6.92 Å². The number of nitrogens with one attached hydrogen (secondary N) is 1. The van der Waals surface area contributed by atoms with Crippen LogP contribution >= 0.6 is 12.4 Å². The van der Waals surface area contributed by atoms with Gasteiger partial charge in [0.15, 0.2) is 11.6 Å². The van der Waals surface area contributed by atoms with Gasteiger partial charge in [-0.3, -0.25) is 4.79 Å². The van der Waals surface area contributed by atoms with Crippen molar-refractivity contribution in [2.45, 2.75) is 13.5 Å². The van der Waals surface area contributed by atoms with Crippen LogP contribution < -0.4 is 0 Å². The van der Waals surface area contributed by atoms with Gasteiger partial charge < -0.3 is 10.1 Å². The first-order valence-electron chi connectivity index (χ1n) is 2.89. The number of carbonyl (C=O) groups is 1. The molecule has 5 heteroatoms. The molecule has 1 aromatic rings. The number of aliphatic hydroxyl groups is 1. The first-order chi connectivity index (χ1) is 4.74. The molecule has 0 amide bonds. The van der Waals surface area contributed by atoms with Crippen LogP contribution in [0.15, 0.2) is 6.20 Å². The summed E-state index contributed by atoms with van der Waals surface area (Å²) in [6, 6.07) is 0. The van der Waals surface area contributed by atoms with Crippen molar-refractivity contribution in [3.8, 4) is 0 Å². The molecule has 0 radical (unpaired) electrons. The summed E-state index contributed by atoms with van der Waals surface area (Å²) in [7, 11) is 0. The van der Waals surface area contributed by atoms with E-state index in [1.807, 2.05) is 0 Å². The van der Waals surface area contributed by atoms with E-state index in [0.29, 0.717) is 11.5 Å². The molecule has 0 unspecified atom stereocenters. The fraction of sp³-hybridized carbons (Fsp3) is 0.333. The van der Waals surface area contributed by atoms with Crippen LogP contribution in [-0.2, 0) is 6.61 Å². The van der Waals surface area contributed by atoms with Crippen molar-refractivity contribution in [3.63, 3.8) is 0 Å². The molecule has 1 rings (SSSR count). The average molecular weight is 177 g/mol. The van der Waals surface area contributed by atoms with E-state index in [-0.39, 0.29) is 24.8 Å². The molecule has 0 aromatic carbocycles. The van der Waals surface area contributed by atoms with E-state index < -0.39 is 0 Å². The summed E-state index contributed by atoms with van der Waals surface area (Å²) in [5.41, 5.74) is 0.560. The van der Waals surface area contributed by atoms with Crippen molar-refractivity contribution in [1.29, 1.82) is 0 Å². The Bertz CT molecular complexity index is 246. The zero-order valence-electron chi connectivity index (χ0n) is 6.00. The van der Waals surface area contributed by atoms with Crippen LogP contribution in [0.4, 0.5) is 0 Å². The summed E-state index contributed by atoms with van der Waals surface area (Å²) in [5.74, 6) is 0.170. The van der Waals surface area contributed by atoms with Gasteiger partial charge in [-0.25, -0.2) is 4.98 Å². The molecule has 0 aliphatic carbocycles. The van der Waals surface area contributed by atoms with Crippen LogP contribution in [0.3, 0.4) is 0 Å². The van der Waals surface area contributed by atoms with Crippen molar-refractivity contribution in [1.82, 2.24) is 9.97 Å². The zero-order chi connectivity index (χ0) is 7.56. The molecular weight excluding hydrogens is 168 g/mol. The number of hydrogen-bond donors (Lipinski definition) is 2. The molecule has 0 aliphatic rings. The molecule has 0 spiro atoms. The Hall–Kier alpha value is -0.870. The zero-order valence-corrected chi connectivity index (χ0v) is 6.81. The molecule has 0 saturated carbocycles. The van der Waals surface area contributed by atoms with Crippen molar-refractivity contribution >= 4 is 18.2 Å². The molecule has 1 aromatic heterocycles. The number of Topliss-reactive ketones (excluding diaryl/α,β-unsaturated/α-hetero) is 1. The van der Waals surface area contributed by atoms with Crippen molar-refractivity contribution in [2.75, 3.05) is 0 Å². The van der Waals surface area contributed by atoms with Crippen molar-refractivity contribution in [2.24, 2.45) is 0 Å². The summed E-state index contributed by atoms with van der Waals surface area (Å²) in [6.45, 7) is 1.31. The van der Waals surface area contributed by atoms with Gasteiger partial charge in [-0.2, -0.15) is 0 Å². The Labute approximate surface area is 70.1 Å². The summed E-state index contributed by atoms with van der Waals surface area (Å²) >= 11 is 0. The number of carbonyl (C=O) groups excluding carboxylic acids is 1. The first kappa shape index (κ1) is 10.1. The standard InChI is InChI=1S/C6H8N2O2.ClH/c1-4(10)6-7-2-5(3-9)8-6;/h2,9H,3H2,1H3,(H,7,8);1H. The highest BCUT2D eigenvalue weighted by Gasteiger charge is 2.02. The Morgan fingerprint density at radius 2 is 2.45 bits per heavy atom. The van der Waals surface area contributed by atoms with Gasteiger partial charge >= 0.3 is 0 Å². The predicted octanol–water partition coefficient (Wildman–Crippen LogP) is 0.526. The highest BCUT2D eigenvalue weighted by Crippen LogP contribution is 1.96. The van der Waals surface area contributed by atoms with E-state index in [9.17, 15) is 4.79 Å². The molecule has 1 heterocycles. The summed E-state index contributed by atoms with van der Waals surface area (Å²) in [5, 5.41) is 8.55. The van der Waals surface area contributed by atoms with Crippen LogP contribution in [0.2, 0.25) is 0 Å². The number of aliphatic hydroxyl groups excluding tert-OH is 1. The van der Waals surface area contributed by atoms with E-state index >= 15 is 0 Å². The Balaban J connectivity index is 0.000001000. The Morgan fingerprint density at radius 1 is 1.82 bits per heavy atom.